The van der Waals surface area contributed by atoms with Gasteiger partial charge in [-0.15, -0.1) is 0 Å². The zero-order valence-electron chi connectivity index (χ0n) is 5.21. The summed E-state index contributed by atoms with van der Waals surface area (Å²) in [6.07, 6.45) is 0. The quantitative estimate of drug-likeness (QED) is 0.322. The van der Waals surface area contributed by atoms with Crippen molar-refractivity contribution in [3.8, 4) is 0 Å². The van der Waals surface area contributed by atoms with Crippen LogP contribution in [0.4, 0.5) is 0 Å². The van der Waals surface area contributed by atoms with E-state index in [-0.39, 0.29) is 59.1 Å². The molecule has 0 aliphatic carbocycles. The van der Waals surface area contributed by atoms with Gasteiger partial charge in [0.1, 0.15) is 0 Å². The van der Waals surface area contributed by atoms with Crippen LogP contribution in [0, 0.1) is 10.8 Å². The van der Waals surface area contributed by atoms with Crippen molar-refractivity contribution < 1.29 is 115 Å². The Morgan fingerprint density at radius 2 is 0.800 bits per heavy atom. The molecule has 52 valence electrons. The Kier molecular flexibility index (Phi) is 40.9. The molecule has 0 aliphatic heterocycles. The summed E-state index contributed by atoms with van der Waals surface area (Å²) in [6.45, 7) is 0. The van der Waals surface area contributed by atoms with Crippen LogP contribution < -0.4 is 104 Å². The second-order valence-corrected chi connectivity index (χ2v) is 1.83. The Hall–Kier alpha value is 2.78. The van der Waals surface area contributed by atoms with Gasteiger partial charge in [0.05, 0.1) is 10.8 Å². The molecule has 0 amide bonds. The number of rotatable bonds is 0. The summed E-state index contributed by atoms with van der Waals surface area (Å²) in [6, 6.07) is 0. The van der Waals surface area contributed by atoms with E-state index in [9.17, 15) is 0 Å². The van der Waals surface area contributed by atoms with Crippen LogP contribution in [0.5, 0.6) is 0 Å². The molecule has 0 fully saturated rings. The summed E-state index contributed by atoms with van der Waals surface area (Å²) >= 11 is -4.01. The van der Waals surface area contributed by atoms with Crippen molar-refractivity contribution in [2.45, 2.75) is 0 Å². The summed E-state index contributed by atoms with van der Waals surface area (Å²) in [7, 11) is -2.85. The van der Waals surface area contributed by atoms with Gasteiger partial charge in [-0.1, -0.05) is 0 Å². The van der Waals surface area contributed by atoms with Crippen LogP contribution in [0.2, 0.25) is 0 Å². The summed E-state index contributed by atoms with van der Waals surface area (Å²) < 4.78 is 50.9. The van der Waals surface area contributed by atoms with Crippen LogP contribution in [0.3, 0.4) is 0 Å². The molecule has 0 aromatic heterocycles. The topological polar surface area (TPSA) is 138 Å². The van der Waals surface area contributed by atoms with E-state index in [0.29, 0.717) is 0 Å². The fraction of sp³-hybridized carbons (Fsp3) is 0. The molecule has 0 aromatic carbocycles. The van der Waals surface area contributed by atoms with Crippen molar-refractivity contribution in [2.75, 3.05) is 0 Å². The van der Waals surface area contributed by atoms with Gasteiger partial charge in [-0.2, -0.15) is 0 Å². The first-order valence-electron chi connectivity index (χ1n) is 0.926. The summed E-state index contributed by atoms with van der Waals surface area (Å²) in [5.41, 5.74) is 0. The fourth-order valence-corrected chi connectivity index (χ4v) is 0. The molecule has 0 radical (unpaired) electrons. The molecule has 0 rings (SSSR count). The number of halogens is 2. The minimum Gasteiger partial charge on any atom is -0.427 e. The van der Waals surface area contributed by atoms with Crippen LogP contribution in [-0.4, -0.2) is 0 Å². The second kappa shape index (κ2) is 17.8. The molecular formula is ClINa2O6. The van der Waals surface area contributed by atoms with Gasteiger partial charge in [-0.05, 0) is 0 Å². The van der Waals surface area contributed by atoms with Crippen LogP contribution in [0.25, 0.3) is 0 Å². The van der Waals surface area contributed by atoms with Gasteiger partial charge in [-0.25, -0.2) is 0 Å². The Morgan fingerprint density at radius 3 is 0.800 bits per heavy atom. The zero-order chi connectivity index (χ0) is 7.15. The number of hydrogen-bond acceptors (Lipinski definition) is 6. The molecule has 10 heteroatoms. The number of hydrogen-bond donors (Lipinski definition) is 0. The normalized spacial score (nSPS) is 7.20. The Bertz CT molecular complexity index is 31.2. The van der Waals surface area contributed by atoms with Crippen molar-refractivity contribution >= 4 is 0 Å². The van der Waals surface area contributed by atoms with E-state index in [4.69, 9.17) is 24.3 Å². The first kappa shape index (κ1) is 23.0. The molecular weight excluding hydrogens is 304 g/mol. The smallest absolute Gasteiger partial charge is 0.427 e. The maximum Gasteiger partial charge on any atom is 1.00 e. The van der Waals surface area contributed by atoms with E-state index >= 15 is 0 Å². The van der Waals surface area contributed by atoms with E-state index < -0.39 is 31.8 Å². The van der Waals surface area contributed by atoms with Crippen LogP contribution in [0.1, 0.15) is 0 Å². The van der Waals surface area contributed by atoms with Gasteiger partial charge in [0.15, 0.2) is 0 Å². The molecule has 6 nitrogen and oxygen atoms in total. The molecule has 0 N–H and O–H groups in total. The van der Waals surface area contributed by atoms with Crippen molar-refractivity contribution in [3.63, 3.8) is 0 Å². The van der Waals surface area contributed by atoms with E-state index in [1.807, 2.05) is 0 Å². The van der Waals surface area contributed by atoms with Crippen molar-refractivity contribution in [3.05, 3.63) is 0 Å². The average Bonchev–Trinajstić information content (AvgIpc) is 1.25. The van der Waals surface area contributed by atoms with Gasteiger partial charge < -0.3 is 24.3 Å². The fourth-order valence-electron chi connectivity index (χ4n) is 0. The first-order chi connectivity index (χ1) is 3.46. The standard InChI is InChI=1S/ClO3.IO3.2Na/c2*2-1(3)4;;/q2*-1;2*+1. The molecule has 0 spiro atoms. The third kappa shape index (κ3) is 133. The maximum absolute atomic E-state index is 8.57. The molecule has 0 bridgehead atoms. The Balaban J connectivity index is -0.0000000300. The minimum atomic E-state index is -4.01. The average molecular weight is 304 g/mol. The van der Waals surface area contributed by atoms with Crippen molar-refractivity contribution in [1.29, 1.82) is 0 Å². The van der Waals surface area contributed by atoms with Gasteiger partial charge in [0, 0.05) is 0 Å². The zero-order valence-corrected chi connectivity index (χ0v) is 12.1. The summed E-state index contributed by atoms with van der Waals surface area (Å²) in [5, 5.41) is 0. The minimum absolute atomic E-state index is 0. The molecule has 10 heavy (non-hydrogen) atoms. The van der Waals surface area contributed by atoms with Crippen molar-refractivity contribution in [2.24, 2.45) is 0 Å². The molecule has 0 saturated carbocycles. The van der Waals surface area contributed by atoms with Gasteiger partial charge in [0.25, 0.3) is 21.1 Å². The van der Waals surface area contributed by atoms with Crippen LogP contribution >= 0.6 is 0 Å². The van der Waals surface area contributed by atoms with Crippen LogP contribution in [0.15, 0.2) is 0 Å². The predicted octanol–water partition coefficient (Wildman–Crippen LogP) is -16.1. The molecule has 0 saturated heterocycles. The molecule has 0 atom stereocenters. The maximum atomic E-state index is 8.57. The van der Waals surface area contributed by atoms with Gasteiger partial charge >= 0.3 is 59.1 Å². The second-order valence-electron chi connectivity index (χ2n) is 0.378. The van der Waals surface area contributed by atoms with E-state index in [2.05, 4.69) is 0 Å². The molecule has 0 unspecified atom stereocenters. The van der Waals surface area contributed by atoms with E-state index in [1.54, 1.807) is 0 Å². The largest absolute Gasteiger partial charge is 1.00 e. The SMILES string of the molecule is [Na+].[Na+].[O-][Cl+2]([O-])[O-].[O-][I+2]([O-])[O-]. The third-order valence-corrected chi connectivity index (χ3v) is 0. The van der Waals surface area contributed by atoms with Gasteiger partial charge in [0.2, 0.25) is 0 Å². The molecule has 0 heterocycles. The van der Waals surface area contributed by atoms with Gasteiger partial charge in [-0.3, -0.25) is 0 Å². The summed E-state index contributed by atoms with van der Waals surface area (Å²) in [4.78, 5) is 0. The third-order valence-electron chi connectivity index (χ3n) is 0. The van der Waals surface area contributed by atoms with Crippen molar-refractivity contribution in [1.82, 2.24) is 0 Å². The van der Waals surface area contributed by atoms with Crippen LogP contribution in [-0.2, 0) is 0 Å². The monoisotopic (exact) mass is 304 g/mol. The predicted molar refractivity (Wildman–Crippen MR) is 0 cm³/mol. The van der Waals surface area contributed by atoms with E-state index in [0.717, 1.165) is 0 Å². The Labute approximate surface area is 113 Å². The molecule has 0 aliphatic rings. The summed E-state index contributed by atoms with van der Waals surface area (Å²) in [5.74, 6) is 0. The first-order valence-corrected chi connectivity index (χ1v) is 4.49. The van der Waals surface area contributed by atoms with E-state index in [1.165, 1.54) is 0 Å². The molecule has 0 aromatic rings. The Morgan fingerprint density at radius 1 is 0.800 bits per heavy atom.